The topological polar surface area (TPSA) is 71.5 Å². The van der Waals surface area contributed by atoms with Crippen molar-refractivity contribution in [3.8, 4) is 5.75 Å². The van der Waals surface area contributed by atoms with Gasteiger partial charge in [-0.25, -0.2) is 18.1 Å². The minimum absolute atomic E-state index is 0.152. The standard InChI is InChI=1S/C19H22F3N3O3S/c1-12-8-16(9-13(2)18(12)28-3)29(26,27)24-15-6-7-25(11-15)17-5-4-14(10-23-17)19(20,21)22/h4-5,8-10,15,24H,6-7,11H2,1-3H3. The molecule has 2 heterocycles. The Morgan fingerprint density at radius 3 is 2.38 bits per heavy atom. The fourth-order valence-electron chi connectivity index (χ4n) is 3.48. The summed E-state index contributed by atoms with van der Waals surface area (Å²) >= 11 is 0. The summed E-state index contributed by atoms with van der Waals surface area (Å²) in [6.07, 6.45) is -3.13. The molecule has 0 amide bonds. The Balaban J connectivity index is 1.71. The average Bonchev–Trinajstić information content (AvgIpc) is 3.08. The molecule has 1 aromatic heterocycles. The lowest BCUT2D eigenvalue weighted by Crippen LogP contribution is -2.37. The summed E-state index contributed by atoms with van der Waals surface area (Å²) in [6.45, 7) is 4.37. The van der Waals surface area contributed by atoms with Crippen LogP contribution < -0.4 is 14.4 Å². The molecule has 158 valence electrons. The predicted octanol–water partition coefficient (Wildman–Crippen LogP) is 3.28. The highest BCUT2D eigenvalue weighted by atomic mass is 32.2. The van der Waals surface area contributed by atoms with Crippen LogP contribution in [0.3, 0.4) is 0 Å². The fraction of sp³-hybridized carbons (Fsp3) is 0.421. The van der Waals surface area contributed by atoms with E-state index in [1.165, 1.54) is 13.2 Å². The number of alkyl halides is 3. The van der Waals surface area contributed by atoms with Gasteiger partial charge in [-0.2, -0.15) is 13.2 Å². The van der Waals surface area contributed by atoms with Crippen molar-refractivity contribution >= 4 is 15.8 Å². The van der Waals surface area contributed by atoms with E-state index in [-0.39, 0.29) is 10.9 Å². The molecule has 0 saturated carbocycles. The normalized spacial score (nSPS) is 17.6. The van der Waals surface area contributed by atoms with E-state index in [1.54, 1.807) is 30.9 Å². The maximum Gasteiger partial charge on any atom is 0.417 e. The summed E-state index contributed by atoms with van der Waals surface area (Å²) in [5.74, 6) is 1.03. The molecule has 3 rings (SSSR count). The number of pyridine rings is 1. The summed E-state index contributed by atoms with van der Waals surface area (Å²) in [7, 11) is -2.21. The first kappa shape index (κ1) is 21.4. The van der Waals surface area contributed by atoms with Crippen LogP contribution in [0.15, 0.2) is 35.4 Å². The molecule has 0 aliphatic carbocycles. The Bertz CT molecular complexity index is 969. The molecule has 1 aromatic carbocycles. The van der Waals surface area contributed by atoms with Gasteiger partial charge in [-0.05, 0) is 55.7 Å². The van der Waals surface area contributed by atoms with Crippen LogP contribution in [0.2, 0.25) is 0 Å². The van der Waals surface area contributed by atoms with Crippen molar-refractivity contribution in [3.05, 3.63) is 47.2 Å². The number of sulfonamides is 1. The zero-order valence-corrected chi connectivity index (χ0v) is 17.1. The zero-order chi connectivity index (χ0) is 21.4. The minimum Gasteiger partial charge on any atom is -0.496 e. The van der Waals surface area contributed by atoms with Gasteiger partial charge in [-0.15, -0.1) is 0 Å². The second-order valence-electron chi connectivity index (χ2n) is 7.05. The number of nitrogens with zero attached hydrogens (tertiary/aromatic N) is 2. The summed E-state index contributed by atoms with van der Waals surface area (Å²) in [6, 6.07) is 5.02. The van der Waals surface area contributed by atoms with E-state index >= 15 is 0 Å². The van der Waals surface area contributed by atoms with E-state index in [0.717, 1.165) is 23.4 Å². The molecule has 1 aliphatic heterocycles. The van der Waals surface area contributed by atoms with Crippen LogP contribution in [0.25, 0.3) is 0 Å². The molecule has 10 heteroatoms. The Labute approximate surface area is 167 Å². The van der Waals surface area contributed by atoms with Crippen molar-refractivity contribution in [3.63, 3.8) is 0 Å². The smallest absolute Gasteiger partial charge is 0.417 e. The van der Waals surface area contributed by atoms with Gasteiger partial charge in [0.1, 0.15) is 11.6 Å². The van der Waals surface area contributed by atoms with Crippen LogP contribution in [0.4, 0.5) is 19.0 Å². The number of aryl methyl sites for hydroxylation is 2. The molecule has 0 bridgehead atoms. The van der Waals surface area contributed by atoms with E-state index in [4.69, 9.17) is 4.74 Å². The molecule has 6 nitrogen and oxygen atoms in total. The minimum atomic E-state index is -4.44. The SMILES string of the molecule is COc1c(C)cc(S(=O)(=O)NC2CCN(c3ccc(C(F)(F)F)cn3)C2)cc1C. The molecule has 1 N–H and O–H groups in total. The van der Waals surface area contributed by atoms with Crippen molar-refractivity contribution in [2.45, 2.75) is 37.4 Å². The molecule has 1 saturated heterocycles. The van der Waals surface area contributed by atoms with Crippen molar-refractivity contribution in [2.24, 2.45) is 0 Å². The van der Waals surface area contributed by atoms with Crippen LogP contribution in [0, 0.1) is 13.8 Å². The molecule has 29 heavy (non-hydrogen) atoms. The van der Waals surface area contributed by atoms with Crippen molar-refractivity contribution < 1.29 is 26.3 Å². The van der Waals surface area contributed by atoms with Gasteiger partial charge in [0.05, 0.1) is 17.6 Å². The first-order chi connectivity index (χ1) is 13.5. The number of ether oxygens (including phenoxy) is 1. The molecule has 1 aliphatic rings. The second-order valence-corrected chi connectivity index (χ2v) is 8.76. The fourth-order valence-corrected chi connectivity index (χ4v) is 4.91. The van der Waals surface area contributed by atoms with Crippen LogP contribution >= 0.6 is 0 Å². The number of aromatic nitrogens is 1. The number of nitrogens with one attached hydrogen (secondary N) is 1. The lowest BCUT2D eigenvalue weighted by Gasteiger charge is -2.19. The third-order valence-corrected chi connectivity index (χ3v) is 6.36. The van der Waals surface area contributed by atoms with Crippen LogP contribution in [-0.2, 0) is 16.2 Å². The van der Waals surface area contributed by atoms with Crippen molar-refractivity contribution in [2.75, 3.05) is 25.1 Å². The number of rotatable bonds is 5. The lowest BCUT2D eigenvalue weighted by atomic mass is 10.1. The summed E-state index contributed by atoms with van der Waals surface area (Å²) in [5, 5.41) is 0. The Morgan fingerprint density at radius 1 is 1.21 bits per heavy atom. The highest BCUT2D eigenvalue weighted by molar-refractivity contribution is 7.89. The summed E-state index contributed by atoms with van der Waals surface area (Å²) in [5.41, 5.74) is 0.618. The number of methoxy groups -OCH3 is 1. The molecule has 0 radical (unpaired) electrons. The summed E-state index contributed by atoms with van der Waals surface area (Å²) < 4.78 is 71.5. The Hall–Kier alpha value is -2.33. The van der Waals surface area contributed by atoms with Crippen LogP contribution in [0.5, 0.6) is 5.75 Å². The lowest BCUT2D eigenvalue weighted by molar-refractivity contribution is -0.137. The third kappa shape index (κ3) is 4.64. The van der Waals surface area contributed by atoms with Crippen molar-refractivity contribution in [1.29, 1.82) is 0 Å². The number of hydrogen-bond acceptors (Lipinski definition) is 5. The molecule has 1 unspecified atom stereocenters. The number of halogens is 3. The van der Waals surface area contributed by atoms with Gasteiger partial charge in [0.25, 0.3) is 0 Å². The van der Waals surface area contributed by atoms with E-state index in [9.17, 15) is 21.6 Å². The van der Waals surface area contributed by atoms with Crippen molar-refractivity contribution in [1.82, 2.24) is 9.71 Å². The quantitative estimate of drug-likeness (QED) is 0.790. The van der Waals surface area contributed by atoms with E-state index in [2.05, 4.69) is 9.71 Å². The monoisotopic (exact) mass is 429 g/mol. The molecule has 1 atom stereocenters. The highest BCUT2D eigenvalue weighted by Crippen LogP contribution is 2.30. The molecular formula is C19H22F3N3O3S. The summed E-state index contributed by atoms with van der Waals surface area (Å²) in [4.78, 5) is 5.79. The predicted molar refractivity (Wildman–Crippen MR) is 103 cm³/mol. The zero-order valence-electron chi connectivity index (χ0n) is 16.2. The van der Waals surface area contributed by atoms with Gasteiger partial charge >= 0.3 is 6.18 Å². The van der Waals surface area contributed by atoms with Gasteiger partial charge in [0.2, 0.25) is 10.0 Å². The van der Waals surface area contributed by atoms with Gasteiger partial charge in [0, 0.05) is 25.3 Å². The van der Waals surface area contributed by atoms with E-state index < -0.39 is 21.8 Å². The molecule has 1 fully saturated rings. The number of anilines is 1. The number of hydrogen-bond donors (Lipinski definition) is 1. The largest absolute Gasteiger partial charge is 0.496 e. The maximum atomic E-state index is 12.8. The van der Waals surface area contributed by atoms with E-state index in [0.29, 0.717) is 31.1 Å². The van der Waals surface area contributed by atoms with Gasteiger partial charge < -0.3 is 9.64 Å². The van der Waals surface area contributed by atoms with Gasteiger partial charge in [-0.1, -0.05) is 0 Å². The van der Waals surface area contributed by atoms with Crippen LogP contribution in [-0.4, -0.2) is 39.6 Å². The first-order valence-electron chi connectivity index (χ1n) is 8.97. The van der Waals surface area contributed by atoms with Gasteiger partial charge in [0.15, 0.2) is 0 Å². The molecular weight excluding hydrogens is 407 g/mol. The first-order valence-corrected chi connectivity index (χ1v) is 10.5. The average molecular weight is 429 g/mol. The molecule has 2 aromatic rings. The Morgan fingerprint density at radius 2 is 1.86 bits per heavy atom. The third-order valence-electron chi connectivity index (χ3n) is 4.86. The van der Waals surface area contributed by atoms with Crippen LogP contribution in [0.1, 0.15) is 23.1 Å². The van der Waals surface area contributed by atoms with E-state index in [1.807, 2.05) is 0 Å². The van der Waals surface area contributed by atoms with Gasteiger partial charge in [-0.3, -0.25) is 0 Å². The second kappa shape index (κ2) is 7.83. The maximum absolute atomic E-state index is 12.8. The Kier molecular flexibility index (Phi) is 5.77. The number of benzene rings is 1. The molecule has 0 spiro atoms. The highest BCUT2D eigenvalue weighted by Gasteiger charge is 2.32.